The van der Waals surface area contributed by atoms with E-state index in [1.807, 2.05) is 48.3 Å². The maximum Gasteiger partial charge on any atom is 0.329 e. The van der Waals surface area contributed by atoms with Gasteiger partial charge in [0.25, 0.3) is 0 Å². The fourth-order valence-corrected chi connectivity index (χ4v) is 4.73. The Balaban J connectivity index is 1.54. The van der Waals surface area contributed by atoms with Crippen molar-refractivity contribution >= 4 is 21.9 Å². The molecule has 154 valence electrons. The summed E-state index contributed by atoms with van der Waals surface area (Å²) in [6.45, 7) is 0. The van der Waals surface area contributed by atoms with Gasteiger partial charge in [0.2, 0.25) is 0 Å². The Labute approximate surface area is 177 Å². The van der Waals surface area contributed by atoms with Crippen LogP contribution in [0.2, 0.25) is 0 Å². The van der Waals surface area contributed by atoms with Gasteiger partial charge in [-0.3, -0.25) is 14.1 Å². The molecule has 0 amide bonds. The van der Waals surface area contributed by atoms with Crippen LogP contribution in [0.1, 0.15) is 31.7 Å². The summed E-state index contributed by atoms with van der Waals surface area (Å²) in [6, 6.07) is 10.4. The van der Waals surface area contributed by atoms with E-state index < -0.39 is 0 Å². The van der Waals surface area contributed by atoms with E-state index in [-0.39, 0.29) is 11.7 Å². The summed E-state index contributed by atoms with van der Waals surface area (Å²) in [5.74, 6) is 0.712. The molecule has 6 rings (SSSR count). The van der Waals surface area contributed by atoms with Gasteiger partial charge in [-0.2, -0.15) is 0 Å². The van der Waals surface area contributed by atoms with Crippen molar-refractivity contribution < 1.29 is 0 Å². The van der Waals surface area contributed by atoms with Gasteiger partial charge in [0.15, 0.2) is 5.82 Å². The predicted molar refractivity (Wildman–Crippen MR) is 118 cm³/mol. The zero-order valence-electron chi connectivity index (χ0n) is 17.1. The summed E-state index contributed by atoms with van der Waals surface area (Å²) in [6.07, 6.45) is 11.5. The Morgan fingerprint density at radius 1 is 1.00 bits per heavy atom. The van der Waals surface area contributed by atoms with Gasteiger partial charge in [-0.25, -0.2) is 14.5 Å². The summed E-state index contributed by atoms with van der Waals surface area (Å²) >= 11 is 0. The third-order valence-electron chi connectivity index (χ3n) is 6.34. The number of fused-ring (bicyclic) bond motifs is 3. The minimum Gasteiger partial charge on any atom is -0.293 e. The van der Waals surface area contributed by atoms with E-state index in [0.29, 0.717) is 5.82 Å². The van der Waals surface area contributed by atoms with Crippen molar-refractivity contribution in [2.24, 2.45) is 7.05 Å². The largest absolute Gasteiger partial charge is 0.329 e. The number of hydrogen-bond acceptors (Lipinski definition) is 5. The standard InChI is InChI=1S/C23H21N7O/c1-28-20-14-24-19-8-6-15(16-7-9-21(25-13-16)29-11-10-26-27-29)12-18(19)22(20)30(23(28)31)17-4-2-3-5-17/h6-14,17H,2-5H2,1H3. The molecule has 0 aliphatic heterocycles. The van der Waals surface area contributed by atoms with Crippen molar-refractivity contribution in [1.29, 1.82) is 0 Å². The van der Waals surface area contributed by atoms with Crippen LogP contribution in [0, 0.1) is 0 Å². The highest BCUT2D eigenvalue weighted by Crippen LogP contribution is 2.34. The fraction of sp³-hybridized carbons (Fsp3) is 0.261. The van der Waals surface area contributed by atoms with Gasteiger partial charge < -0.3 is 0 Å². The zero-order valence-corrected chi connectivity index (χ0v) is 17.1. The smallest absolute Gasteiger partial charge is 0.293 e. The monoisotopic (exact) mass is 411 g/mol. The number of benzene rings is 1. The number of hydrogen-bond donors (Lipinski definition) is 0. The number of aromatic nitrogens is 7. The second-order valence-electron chi connectivity index (χ2n) is 8.13. The molecule has 4 aromatic heterocycles. The first-order valence-corrected chi connectivity index (χ1v) is 10.5. The first-order chi connectivity index (χ1) is 15.2. The molecule has 0 atom stereocenters. The van der Waals surface area contributed by atoms with Gasteiger partial charge in [-0.05, 0) is 42.7 Å². The molecule has 8 nitrogen and oxygen atoms in total. The van der Waals surface area contributed by atoms with E-state index in [1.165, 1.54) is 12.8 Å². The van der Waals surface area contributed by atoms with Gasteiger partial charge in [0.1, 0.15) is 0 Å². The molecule has 5 aromatic rings. The van der Waals surface area contributed by atoms with E-state index in [9.17, 15) is 4.79 Å². The molecule has 1 aromatic carbocycles. The number of aryl methyl sites for hydroxylation is 1. The zero-order chi connectivity index (χ0) is 20.9. The molecule has 8 heteroatoms. The van der Waals surface area contributed by atoms with Crippen LogP contribution in [0.15, 0.2) is 59.9 Å². The number of imidazole rings is 1. The third kappa shape index (κ3) is 2.78. The molecule has 0 bridgehead atoms. The Morgan fingerprint density at radius 2 is 1.84 bits per heavy atom. The summed E-state index contributed by atoms with van der Waals surface area (Å²) in [7, 11) is 1.83. The van der Waals surface area contributed by atoms with E-state index in [4.69, 9.17) is 0 Å². The molecular formula is C23H21N7O. The first kappa shape index (κ1) is 18.0. The van der Waals surface area contributed by atoms with Crippen molar-refractivity contribution in [3.8, 4) is 16.9 Å². The second kappa shape index (κ2) is 6.87. The lowest BCUT2D eigenvalue weighted by molar-refractivity contribution is 0.510. The molecule has 1 aliphatic rings. The lowest BCUT2D eigenvalue weighted by atomic mass is 10.0. The quantitative estimate of drug-likeness (QED) is 0.453. The molecule has 0 N–H and O–H groups in total. The lowest BCUT2D eigenvalue weighted by Gasteiger charge is -2.13. The van der Waals surface area contributed by atoms with Gasteiger partial charge >= 0.3 is 5.69 Å². The van der Waals surface area contributed by atoms with Gasteiger partial charge in [-0.1, -0.05) is 24.1 Å². The van der Waals surface area contributed by atoms with E-state index in [2.05, 4.69) is 26.3 Å². The highest BCUT2D eigenvalue weighted by atomic mass is 16.1. The Kier molecular flexibility index (Phi) is 3.99. The fourth-order valence-electron chi connectivity index (χ4n) is 4.73. The van der Waals surface area contributed by atoms with Crippen LogP contribution in [-0.2, 0) is 7.05 Å². The normalized spacial score (nSPS) is 14.7. The predicted octanol–water partition coefficient (Wildman–Crippen LogP) is 3.65. The average Bonchev–Trinajstić information content (AvgIpc) is 3.56. The van der Waals surface area contributed by atoms with Crippen LogP contribution in [-0.4, -0.2) is 34.1 Å². The number of rotatable bonds is 3. The van der Waals surface area contributed by atoms with Crippen molar-refractivity contribution in [3.05, 3.63) is 65.6 Å². The van der Waals surface area contributed by atoms with Crippen molar-refractivity contribution in [2.75, 3.05) is 0 Å². The number of nitrogens with zero attached hydrogens (tertiary/aromatic N) is 7. The van der Waals surface area contributed by atoms with Gasteiger partial charge in [0.05, 0.1) is 35.1 Å². The van der Waals surface area contributed by atoms with Crippen LogP contribution in [0.25, 0.3) is 38.9 Å². The van der Waals surface area contributed by atoms with E-state index in [0.717, 1.165) is 45.9 Å². The highest BCUT2D eigenvalue weighted by Gasteiger charge is 2.24. The summed E-state index contributed by atoms with van der Waals surface area (Å²) in [5, 5.41) is 8.81. The highest BCUT2D eigenvalue weighted by molar-refractivity contribution is 6.04. The van der Waals surface area contributed by atoms with Gasteiger partial charge in [-0.15, -0.1) is 5.10 Å². The minimum absolute atomic E-state index is 0.0421. The van der Waals surface area contributed by atoms with Crippen molar-refractivity contribution in [2.45, 2.75) is 31.7 Å². The molecule has 31 heavy (non-hydrogen) atoms. The molecule has 1 fully saturated rings. The van der Waals surface area contributed by atoms with Crippen LogP contribution in [0.5, 0.6) is 0 Å². The molecule has 1 saturated carbocycles. The third-order valence-corrected chi connectivity index (χ3v) is 6.34. The van der Waals surface area contributed by atoms with Crippen LogP contribution in [0.4, 0.5) is 0 Å². The minimum atomic E-state index is 0.0421. The molecular weight excluding hydrogens is 390 g/mol. The van der Waals surface area contributed by atoms with Crippen molar-refractivity contribution in [1.82, 2.24) is 34.1 Å². The Morgan fingerprint density at radius 3 is 2.58 bits per heavy atom. The summed E-state index contributed by atoms with van der Waals surface area (Å²) in [5.41, 5.74) is 4.82. The van der Waals surface area contributed by atoms with Crippen LogP contribution >= 0.6 is 0 Å². The van der Waals surface area contributed by atoms with E-state index >= 15 is 0 Å². The molecule has 0 radical (unpaired) electrons. The maximum atomic E-state index is 13.1. The molecule has 0 unspecified atom stereocenters. The topological polar surface area (TPSA) is 83.4 Å². The lowest BCUT2D eigenvalue weighted by Crippen LogP contribution is -2.24. The summed E-state index contributed by atoms with van der Waals surface area (Å²) < 4.78 is 5.35. The Hall–Kier alpha value is -3.81. The average molecular weight is 411 g/mol. The molecule has 4 heterocycles. The maximum absolute atomic E-state index is 13.1. The number of pyridine rings is 2. The molecule has 1 aliphatic carbocycles. The SMILES string of the molecule is Cn1c(=O)n(C2CCCC2)c2c3cc(-c4ccc(-n5ccnn5)nc4)ccc3ncc21. The molecule has 0 spiro atoms. The molecule has 0 saturated heterocycles. The van der Waals surface area contributed by atoms with Crippen LogP contribution < -0.4 is 5.69 Å². The van der Waals surface area contributed by atoms with Crippen molar-refractivity contribution in [3.63, 3.8) is 0 Å². The van der Waals surface area contributed by atoms with Crippen LogP contribution in [0.3, 0.4) is 0 Å². The first-order valence-electron chi connectivity index (χ1n) is 10.5. The summed E-state index contributed by atoms with van der Waals surface area (Å²) in [4.78, 5) is 22.2. The Bertz CT molecular complexity index is 1460. The van der Waals surface area contributed by atoms with E-state index in [1.54, 1.807) is 21.6 Å². The van der Waals surface area contributed by atoms with Gasteiger partial charge in [0, 0.05) is 30.2 Å². The second-order valence-corrected chi connectivity index (χ2v) is 8.13.